The van der Waals surface area contributed by atoms with Crippen LogP contribution >= 0.6 is 0 Å². The molecular formula is C24H24N4O5. The highest BCUT2D eigenvalue weighted by molar-refractivity contribution is 6.06. The van der Waals surface area contributed by atoms with Crippen molar-refractivity contribution in [3.63, 3.8) is 0 Å². The maximum atomic E-state index is 13.2. The van der Waals surface area contributed by atoms with Gasteiger partial charge in [0.05, 0.1) is 18.3 Å². The van der Waals surface area contributed by atoms with Gasteiger partial charge in [0.15, 0.2) is 0 Å². The van der Waals surface area contributed by atoms with Crippen molar-refractivity contribution in [2.24, 2.45) is 5.92 Å². The third-order valence-electron chi connectivity index (χ3n) is 6.52. The quantitative estimate of drug-likeness (QED) is 0.667. The lowest BCUT2D eigenvalue weighted by Crippen LogP contribution is -2.52. The molecule has 9 nitrogen and oxygen atoms in total. The van der Waals surface area contributed by atoms with Crippen LogP contribution in [-0.4, -0.2) is 52.8 Å². The number of carbonyl (C=O) groups is 4. The van der Waals surface area contributed by atoms with Gasteiger partial charge in [-0.2, -0.15) is 0 Å². The van der Waals surface area contributed by atoms with E-state index in [2.05, 4.69) is 15.6 Å². The topological polar surface area (TPSA) is 118 Å². The number of imide groups is 1. The van der Waals surface area contributed by atoms with Gasteiger partial charge >= 0.3 is 0 Å². The Labute approximate surface area is 190 Å². The Morgan fingerprint density at radius 3 is 2.79 bits per heavy atom. The van der Waals surface area contributed by atoms with Crippen molar-refractivity contribution < 1.29 is 23.9 Å². The zero-order valence-electron chi connectivity index (χ0n) is 18.0. The SMILES string of the molecule is O=C1CCC(N2Cc3cc(C(=O)N[C@H](c4ccccn4)C4CCOC4)ccc3C2=O)C(=O)N1. The summed E-state index contributed by atoms with van der Waals surface area (Å²) in [6.45, 7) is 1.43. The van der Waals surface area contributed by atoms with Crippen molar-refractivity contribution in [1.82, 2.24) is 20.5 Å². The van der Waals surface area contributed by atoms with Crippen LogP contribution < -0.4 is 10.6 Å². The molecule has 0 bridgehead atoms. The number of hydrogen-bond donors (Lipinski definition) is 2. The fourth-order valence-electron chi connectivity index (χ4n) is 4.75. The van der Waals surface area contributed by atoms with Crippen LogP contribution in [0.2, 0.25) is 0 Å². The van der Waals surface area contributed by atoms with E-state index in [1.807, 2.05) is 18.2 Å². The molecule has 2 unspecified atom stereocenters. The van der Waals surface area contributed by atoms with E-state index >= 15 is 0 Å². The van der Waals surface area contributed by atoms with E-state index in [0.717, 1.165) is 12.1 Å². The van der Waals surface area contributed by atoms with Crippen molar-refractivity contribution in [2.75, 3.05) is 13.2 Å². The second-order valence-electron chi connectivity index (χ2n) is 8.60. The Bertz CT molecular complexity index is 1110. The summed E-state index contributed by atoms with van der Waals surface area (Å²) in [6, 6.07) is 9.61. The molecule has 0 saturated carbocycles. The van der Waals surface area contributed by atoms with Gasteiger partial charge in [-0.3, -0.25) is 29.5 Å². The second kappa shape index (κ2) is 8.74. The molecule has 4 heterocycles. The number of rotatable bonds is 5. The third kappa shape index (κ3) is 4.11. The molecule has 3 atom stereocenters. The predicted octanol–water partition coefficient (Wildman–Crippen LogP) is 1.35. The molecule has 2 N–H and O–H groups in total. The summed E-state index contributed by atoms with van der Waals surface area (Å²) in [5.41, 5.74) is 2.38. The van der Waals surface area contributed by atoms with Crippen LogP contribution in [0.25, 0.3) is 0 Å². The first-order valence-electron chi connectivity index (χ1n) is 11.1. The fraction of sp³-hybridized carbons (Fsp3) is 0.375. The molecule has 2 saturated heterocycles. The van der Waals surface area contributed by atoms with E-state index in [9.17, 15) is 19.2 Å². The minimum atomic E-state index is -0.684. The van der Waals surface area contributed by atoms with Gasteiger partial charge in [0.2, 0.25) is 11.8 Å². The average Bonchev–Trinajstić information content (AvgIpc) is 3.46. The van der Waals surface area contributed by atoms with Crippen molar-refractivity contribution in [2.45, 2.75) is 37.9 Å². The number of aromatic nitrogens is 1. The van der Waals surface area contributed by atoms with E-state index in [1.54, 1.807) is 24.4 Å². The first kappa shape index (κ1) is 21.3. The summed E-state index contributed by atoms with van der Waals surface area (Å²) in [6.07, 6.45) is 3.03. The summed E-state index contributed by atoms with van der Waals surface area (Å²) in [4.78, 5) is 55.6. The molecule has 5 rings (SSSR count). The second-order valence-corrected chi connectivity index (χ2v) is 8.60. The summed E-state index contributed by atoms with van der Waals surface area (Å²) in [5.74, 6) is -1.17. The number of benzene rings is 1. The number of ether oxygens (including phenoxy) is 1. The normalized spacial score (nSPS) is 23.3. The van der Waals surface area contributed by atoms with Gasteiger partial charge in [-0.05, 0) is 48.7 Å². The number of carbonyl (C=O) groups excluding carboxylic acids is 4. The smallest absolute Gasteiger partial charge is 0.255 e. The minimum Gasteiger partial charge on any atom is -0.381 e. The lowest BCUT2D eigenvalue weighted by atomic mass is 9.95. The molecule has 3 aliphatic heterocycles. The van der Waals surface area contributed by atoms with Gasteiger partial charge in [-0.15, -0.1) is 0 Å². The van der Waals surface area contributed by atoms with E-state index in [1.165, 1.54) is 4.90 Å². The van der Waals surface area contributed by atoms with Gasteiger partial charge in [0.1, 0.15) is 6.04 Å². The Hall–Kier alpha value is -3.59. The number of nitrogens with one attached hydrogen (secondary N) is 2. The molecule has 2 fully saturated rings. The number of piperidine rings is 1. The molecule has 9 heteroatoms. The van der Waals surface area contributed by atoms with Crippen LogP contribution in [0.15, 0.2) is 42.6 Å². The first-order chi connectivity index (χ1) is 16.0. The van der Waals surface area contributed by atoms with E-state index in [-0.39, 0.29) is 42.6 Å². The Balaban J connectivity index is 1.34. The fourth-order valence-corrected chi connectivity index (χ4v) is 4.75. The van der Waals surface area contributed by atoms with Crippen molar-refractivity contribution >= 4 is 23.6 Å². The Kier molecular flexibility index (Phi) is 5.63. The molecule has 33 heavy (non-hydrogen) atoms. The summed E-state index contributed by atoms with van der Waals surface area (Å²) < 4.78 is 5.53. The highest BCUT2D eigenvalue weighted by Crippen LogP contribution is 2.30. The number of fused-ring (bicyclic) bond motifs is 1. The maximum absolute atomic E-state index is 13.2. The van der Waals surface area contributed by atoms with Gasteiger partial charge < -0.3 is 15.0 Å². The lowest BCUT2D eigenvalue weighted by molar-refractivity contribution is -0.136. The highest BCUT2D eigenvalue weighted by atomic mass is 16.5. The van der Waals surface area contributed by atoms with Crippen LogP contribution in [0.4, 0.5) is 0 Å². The third-order valence-corrected chi connectivity index (χ3v) is 6.52. The summed E-state index contributed by atoms with van der Waals surface area (Å²) in [7, 11) is 0. The van der Waals surface area contributed by atoms with E-state index < -0.39 is 11.9 Å². The van der Waals surface area contributed by atoms with E-state index in [0.29, 0.717) is 36.3 Å². The molecule has 4 amide bonds. The zero-order valence-corrected chi connectivity index (χ0v) is 18.0. The summed E-state index contributed by atoms with van der Waals surface area (Å²) in [5, 5.41) is 5.39. The Morgan fingerprint density at radius 1 is 1.18 bits per heavy atom. The van der Waals surface area contributed by atoms with Gasteiger partial charge in [0.25, 0.3) is 11.8 Å². The minimum absolute atomic E-state index is 0.128. The van der Waals surface area contributed by atoms with Crippen molar-refractivity contribution in [1.29, 1.82) is 0 Å². The molecule has 0 radical (unpaired) electrons. The summed E-state index contributed by atoms with van der Waals surface area (Å²) >= 11 is 0. The van der Waals surface area contributed by atoms with Crippen molar-refractivity contribution in [3.05, 3.63) is 65.0 Å². The highest BCUT2D eigenvalue weighted by Gasteiger charge is 2.39. The molecule has 1 aromatic carbocycles. The van der Waals surface area contributed by atoms with Crippen molar-refractivity contribution in [3.8, 4) is 0 Å². The van der Waals surface area contributed by atoms with Crippen LogP contribution in [0, 0.1) is 5.92 Å². The monoisotopic (exact) mass is 448 g/mol. The molecule has 1 aromatic heterocycles. The Morgan fingerprint density at radius 2 is 2.06 bits per heavy atom. The number of nitrogens with zero attached hydrogens (tertiary/aromatic N) is 2. The zero-order chi connectivity index (χ0) is 22.9. The average molecular weight is 448 g/mol. The standard InChI is InChI=1S/C24H24N4O5/c29-20-7-6-19(23(31)26-20)28-12-16-11-14(4-5-17(16)24(28)32)22(30)27-21(15-8-10-33-13-15)18-3-1-2-9-25-18/h1-5,9,11,15,19,21H,6-8,10,12-13H2,(H,27,30)(H,26,29,31)/t15?,19?,21-/m0/s1. The van der Waals surface area contributed by atoms with Gasteiger partial charge in [-0.25, -0.2) is 0 Å². The predicted molar refractivity (Wildman–Crippen MR) is 116 cm³/mol. The lowest BCUT2D eigenvalue weighted by Gasteiger charge is -2.29. The van der Waals surface area contributed by atoms with Crippen LogP contribution in [0.5, 0.6) is 0 Å². The molecule has 0 spiro atoms. The largest absolute Gasteiger partial charge is 0.381 e. The molecule has 170 valence electrons. The van der Waals surface area contributed by atoms with E-state index in [4.69, 9.17) is 4.74 Å². The molecular weight excluding hydrogens is 424 g/mol. The molecule has 3 aliphatic rings. The molecule has 0 aliphatic carbocycles. The first-order valence-corrected chi connectivity index (χ1v) is 11.1. The number of hydrogen-bond acceptors (Lipinski definition) is 6. The number of amides is 4. The number of pyridine rings is 1. The molecule has 2 aromatic rings. The van der Waals surface area contributed by atoms with Crippen LogP contribution in [0.3, 0.4) is 0 Å². The van der Waals surface area contributed by atoms with Gasteiger partial charge in [-0.1, -0.05) is 6.07 Å². The van der Waals surface area contributed by atoms with Gasteiger partial charge in [0, 0.05) is 42.8 Å². The maximum Gasteiger partial charge on any atom is 0.255 e. The van der Waals surface area contributed by atoms with Crippen LogP contribution in [-0.2, 0) is 20.9 Å². The van der Waals surface area contributed by atoms with Crippen LogP contribution in [0.1, 0.15) is 57.3 Å².